The minimum atomic E-state index is -1.80. The number of benzene rings is 1. The highest BCUT2D eigenvalue weighted by molar-refractivity contribution is 6.00. The Morgan fingerprint density at radius 1 is 0.466 bits per heavy atom. The van der Waals surface area contributed by atoms with E-state index in [0.717, 1.165) is 0 Å². The molecular weight excluding hydrogens is 1530 g/mol. The first-order chi connectivity index (χ1) is 56.0. The summed E-state index contributed by atoms with van der Waals surface area (Å²) < 4.78 is 0. The molecule has 2 saturated heterocycles. The first-order valence-corrected chi connectivity index (χ1v) is 41.8. The molecule has 37 nitrogen and oxygen atoms in total. The molecule has 662 valence electrons. The van der Waals surface area contributed by atoms with Gasteiger partial charge in [-0.3, -0.25) is 67.1 Å². The van der Waals surface area contributed by atoms with Gasteiger partial charge in [0.05, 0.1) is 19.0 Å². The molecule has 23 N–H and O–H groups in total. The maximum Gasteiger partial charge on any atom is 0.326 e. The van der Waals surface area contributed by atoms with Crippen molar-refractivity contribution in [3.63, 3.8) is 0 Å². The average molecular weight is 1660 g/mol. The Morgan fingerprint density at radius 2 is 0.856 bits per heavy atom. The van der Waals surface area contributed by atoms with Gasteiger partial charge in [-0.25, -0.2) is 9.78 Å². The molecule has 0 spiro atoms. The van der Waals surface area contributed by atoms with E-state index in [1.54, 1.807) is 91.9 Å². The fourth-order valence-electron chi connectivity index (χ4n) is 14.3. The summed E-state index contributed by atoms with van der Waals surface area (Å²) in [6.45, 7) is 17.9. The molecule has 2 fully saturated rings. The second-order valence-electron chi connectivity index (χ2n) is 32.8. The summed E-state index contributed by atoms with van der Waals surface area (Å²) in [5.74, 6) is -14.6. The van der Waals surface area contributed by atoms with Crippen molar-refractivity contribution < 1.29 is 87.2 Å². The summed E-state index contributed by atoms with van der Waals surface area (Å²) in [5, 5.41) is 59.8. The molecule has 0 saturated carbocycles. The quantitative estimate of drug-likeness (QED) is 0.0368. The molecule has 1 aromatic carbocycles. The third kappa shape index (κ3) is 34.3. The van der Waals surface area contributed by atoms with E-state index in [0.29, 0.717) is 75.6 Å². The van der Waals surface area contributed by atoms with Gasteiger partial charge in [-0.1, -0.05) is 106 Å². The number of aliphatic carboxylic acids is 2. The van der Waals surface area contributed by atoms with Crippen molar-refractivity contribution in [2.45, 2.75) is 295 Å². The van der Waals surface area contributed by atoms with Gasteiger partial charge < -0.3 is 112 Å². The van der Waals surface area contributed by atoms with Gasteiger partial charge in [-0.05, 0) is 170 Å². The number of carbonyl (C=O) groups is 15. The number of H-pyrrole nitrogens is 1. The number of aromatic amines is 1. The van der Waals surface area contributed by atoms with Gasteiger partial charge in [0, 0.05) is 44.2 Å². The number of carboxylic acids is 2. The van der Waals surface area contributed by atoms with Crippen molar-refractivity contribution in [2.24, 2.45) is 52.5 Å². The lowest BCUT2D eigenvalue weighted by atomic mass is 9.95. The lowest BCUT2D eigenvalue weighted by Gasteiger charge is -2.33. The summed E-state index contributed by atoms with van der Waals surface area (Å²) in [6.07, 6.45) is 6.26. The van der Waals surface area contributed by atoms with Crippen LogP contribution >= 0.6 is 0 Å². The fourth-order valence-corrected chi connectivity index (χ4v) is 14.3. The first kappa shape index (κ1) is 101. The predicted octanol–water partition coefficient (Wildman–Crippen LogP) is -0.604. The largest absolute Gasteiger partial charge is 0.481 e. The molecule has 1 aromatic heterocycles. The third-order valence-electron chi connectivity index (χ3n) is 20.9. The smallest absolute Gasteiger partial charge is 0.326 e. The number of unbranched alkanes of at least 4 members (excludes halogenated alkanes) is 3. The Kier molecular flexibility index (Phi) is 44.6. The number of carbonyl (C=O) groups excluding carboxylic acids is 13. The summed E-state index contributed by atoms with van der Waals surface area (Å²) >= 11 is 0. The lowest BCUT2D eigenvalue weighted by Crippen LogP contribution is -2.61. The Morgan fingerprint density at radius 3 is 1.30 bits per heavy atom. The number of aliphatic hydroxyl groups excluding tert-OH is 1. The van der Waals surface area contributed by atoms with Crippen molar-refractivity contribution in [2.75, 3.05) is 39.3 Å². The summed E-state index contributed by atoms with van der Waals surface area (Å²) in [4.78, 5) is 221. The monoisotopic (exact) mass is 1660 g/mol. The van der Waals surface area contributed by atoms with Crippen LogP contribution in [0.3, 0.4) is 0 Å². The van der Waals surface area contributed by atoms with Crippen LogP contribution in [0.4, 0.5) is 0 Å². The Balaban J connectivity index is 1.56. The molecule has 4 rings (SSSR count). The second kappa shape index (κ2) is 52.3. The molecule has 2 aliphatic rings. The summed E-state index contributed by atoms with van der Waals surface area (Å²) in [5.41, 5.74) is 24.8. The minimum absolute atomic E-state index is 0.00597. The predicted molar refractivity (Wildman–Crippen MR) is 439 cm³/mol. The van der Waals surface area contributed by atoms with Gasteiger partial charge >= 0.3 is 11.9 Å². The zero-order valence-electron chi connectivity index (χ0n) is 70.4. The van der Waals surface area contributed by atoms with Gasteiger partial charge in [-0.2, -0.15) is 0 Å². The maximum absolute atomic E-state index is 14.9. The summed E-state index contributed by atoms with van der Waals surface area (Å²) in [7, 11) is 0. The van der Waals surface area contributed by atoms with Gasteiger partial charge in [0.2, 0.25) is 76.8 Å². The zero-order valence-corrected chi connectivity index (χ0v) is 70.4. The maximum atomic E-state index is 14.9. The van der Waals surface area contributed by atoms with Crippen LogP contribution in [0, 0.1) is 29.6 Å². The Bertz CT molecular complexity index is 3570. The van der Waals surface area contributed by atoms with E-state index < -0.39 is 199 Å². The van der Waals surface area contributed by atoms with Crippen molar-refractivity contribution >= 4 is 88.7 Å². The number of rotatable bonds is 55. The third-order valence-corrected chi connectivity index (χ3v) is 20.9. The van der Waals surface area contributed by atoms with Crippen LogP contribution < -0.4 is 81.4 Å². The van der Waals surface area contributed by atoms with Gasteiger partial charge in [0.1, 0.15) is 78.5 Å². The van der Waals surface area contributed by atoms with Crippen LogP contribution in [-0.2, 0) is 84.8 Å². The second-order valence-corrected chi connectivity index (χ2v) is 32.8. The number of carboxylic acid groups (broad SMARTS) is 2. The number of nitrogens with zero attached hydrogens (tertiary/aromatic N) is 3. The number of hydrogen-bond donors (Lipinski definition) is 19. The molecule has 0 unspecified atom stereocenters. The van der Waals surface area contributed by atoms with Crippen molar-refractivity contribution in [3.8, 4) is 0 Å². The number of amides is 13. The average Bonchev–Trinajstić information content (AvgIpc) is 1.64. The van der Waals surface area contributed by atoms with Crippen molar-refractivity contribution in [1.82, 2.24) is 78.3 Å². The molecular formula is C81H135N19O18. The topological polar surface area (TPSA) is 588 Å². The highest BCUT2D eigenvalue weighted by atomic mass is 16.4. The molecule has 3 heterocycles. The normalized spacial score (nSPS) is 17.4. The number of likely N-dealkylation sites (tertiary alicyclic amines) is 2. The molecule has 15 atom stereocenters. The van der Waals surface area contributed by atoms with Gasteiger partial charge in [-0.15, -0.1) is 0 Å². The molecule has 0 bridgehead atoms. The molecule has 0 radical (unpaired) electrons. The highest BCUT2D eigenvalue weighted by Crippen LogP contribution is 2.27. The molecule has 2 aromatic rings. The van der Waals surface area contributed by atoms with Crippen LogP contribution in [0.25, 0.3) is 0 Å². The van der Waals surface area contributed by atoms with Crippen molar-refractivity contribution in [3.05, 3.63) is 54.1 Å². The van der Waals surface area contributed by atoms with E-state index >= 15 is 0 Å². The van der Waals surface area contributed by atoms with Crippen LogP contribution in [0.1, 0.15) is 209 Å². The fraction of sp³-hybridized carbons (Fsp3) is 0.704. The number of hydrogen-bond acceptors (Lipinski definition) is 21. The Hall–Kier alpha value is -9.72. The number of nitrogens with one attached hydrogen (secondary N) is 12. The van der Waals surface area contributed by atoms with Gasteiger partial charge in [0.15, 0.2) is 0 Å². The highest BCUT2D eigenvalue weighted by Gasteiger charge is 2.45. The van der Waals surface area contributed by atoms with Gasteiger partial charge in [0.25, 0.3) is 0 Å². The van der Waals surface area contributed by atoms with Crippen LogP contribution in [0.2, 0.25) is 0 Å². The number of aromatic nitrogens is 2. The Labute approximate surface area is 692 Å². The summed E-state index contributed by atoms with van der Waals surface area (Å²) in [6, 6.07) is -9.84. The van der Waals surface area contributed by atoms with Crippen molar-refractivity contribution in [1.29, 1.82) is 0 Å². The molecule has 2 aliphatic heterocycles. The standard InChI is InChI=1S/C81H135N19O18/c1-11-50(10)67(78(114)90-55(26-16-19-33-83)68(104)91-57(81(117)118)27-17-20-34-84)98-75(111)61(40-49(8)9)94-74(110)62(41-51-23-13-12-14-24-51)95-72(108)59(38-47(4)5)92-69(105)54(25-15-18-32-82)88-71(107)58(37-46(2)3)93-70(106)56(30-31-66(102)103)89-76(112)63(44-101)97-73(109)60(39-48(6)7)96-77(113)64-28-21-35-99(64)80(116)65-29-22-36-100(65)79(115)53(85)42-52-43-86-45-87-52/h12-14,23-24,43,45-50,53-65,67,101H,11,15-22,25-42,44,82-85H2,1-10H3,(H,86,87)(H,88,107)(H,89,112)(H,90,114)(H,91,104)(H,92,105)(H,93,106)(H,94,110)(H,95,108)(H,96,113)(H,97,109)(H,98,111)(H,102,103)(H,117,118)/t50-,53-,54-,55-,56-,57-,58-,59-,60-,61-,62-,63-,64-,65-,67-/m0/s1. The molecule has 13 amide bonds. The first-order valence-electron chi connectivity index (χ1n) is 41.8. The number of aliphatic hydroxyl groups is 1. The number of imidazole rings is 1. The van der Waals surface area contributed by atoms with E-state index in [1.165, 1.54) is 16.1 Å². The van der Waals surface area contributed by atoms with E-state index in [1.807, 2.05) is 13.8 Å². The zero-order chi connectivity index (χ0) is 87.9. The van der Waals surface area contributed by atoms with E-state index in [2.05, 4.69) is 68.5 Å². The van der Waals surface area contributed by atoms with Crippen LogP contribution in [-0.4, -0.2) is 248 Å². The lowest BCUT2D eigenvalue weighted by molar-refractivity contribution is -0.147. The molecule has 0 aliphatic carbocycles. The van der Waals surface area contributed by atoms with Crippen LogP contribution in [0.5, 0.6) is 0 Å². The SMILES string of the molecule is CC[C@H](C)[C@H](NC(=O)[C@H](CC(C)C)NC(=O)[C@H](Cc1ccccc1)NC(=O)[C@H](CC(C)C)NC(=O)[C@H](CCCCN)NC(=O)[C@H](CC(C)C)NC(=O)[C@H](CCC(=O)O)NC(=O)[C@H](CO)NC(=O)[C@H](CC(C)C)NC(=O)[C@@H]1CCCN1C(=O)[C@@H]1CCCN1C(=O)[C@@H](N)Cc1cnc[nH]1)C(=O)N[C@@H](CCCCN)C(=O)N[C@@H](CCCCN)C(=O)O. The van der Waals surface area contributed by atoms with E-state index in [4.69, 9.17) is 22.9 Å². The van der Waals surface area contributed by atoms with E-state index in [9.17, 15) is 87.2 Å². The number of nitrogens with two attached hydrogens (primary N) is 4. The minimum Gasteiger partial charge on any atom is -0.481 e. The molecule has 118 heavy (non-hydrogen) atoms. The van der Waals surface area contributed by atoms with E-state index in [-0.39, 0.29) is 120 Å². The molecule has 37 heteroatoms. The van der Waals surface area contributed by atoms with Crippen LogP contribution in [0.15, 0.2) is 42.9 Å².